The number of hydrogen-bond donors (Lipinski definition) is 2. The number of rotatable bonds is 6. The van der Waals surface area contributed by atoms with E-state index in [-0.39, 0.29) is 12.5 Å². The molecule has 0 radical (unpaired) electrons. The largest absolute Gasteiger partial charge is 0.383 e. The number of nitrogens with zero attached hydrogens (tertiary/aromatic N) is 2. The maximum absolute atomic E-state index is 11.9. The van der Waals surface area contributed by atoms with Crippen LogP contribution in [-0.4, -0.2) is 44.7 Å². The van der Waals surface area contributed by atoms with E-state index in [4.69, 9.17) is 10.5 Å². The van der Waals surface area contributed by atoms with Crippen molar-refractivity contribution in [2.45, 2.75) is 12.6 Å². The van der Waals surface area contributed by atoms with E-state index in [0.29, 0.717) is 6.54 Å². The number of amides is 1. The van der Waals surface area contributed by atoms with Gasteiger partial charge in [0, 0.05) is 33.1 Å². The van der Waals surface area contributed by atoms with Crippen LogP contribution in [0.2, 0.25) is 0 Å². The number of carbonyl (C=O) groups excluding carboxylic acids is 1. The van der Waals surface area contributed by atoms with E-state index in [1.54, 1.807) is 0 Å². The summed E-state index contributed by atoms with van der Waals surface area (Å²) in [6.07, 6.45) is 0. The Morgan fingerprint density at radius 1 is 1.41 bits per heavy atom. The summed E-state index contributed by atoms with van der Waals surface area (Å²) in [7, 11) is 5.40. The molecule has 2 rings (SSSR count). The summed E-state index contributed by atoms with van der Waals surface area (Å²) in [5, 5.41) is 3.87. The molecule has 0 spiro atoms. The van der Waals surface area contributed by atoms with Gasteiger partial charge in [0.1, 0.15) is 11.9 Å². The van der Waals surface area contributed by atoms with Gasteiger partial charge in [0.15, 0.2) is 0 Å². The molecule has 118 valence electrons. The Hall–Kier alpha value is -2.18. The summed E-state index contributed by atoms with van der Waals surface area (Å²) < 4.78 is 4.90. The monoisotopic (exact) mass is 302 g/mol. The fourth-order valence-corrected chi connectivity index (χ4v) is 2.18. The maximum Gasteiger partial charge on any atom is 0.239 e. The number of fused-ring (bicyclic) bond motifs is 1. The van der Waals surface area contributed by atoms with Gasteiger partial charge in [-0.05, 0) is 17.7 Å². The van der Waals surface area contributed by atoms with Gasteiger partial charge >= 0.3 is 0 Å². The lowest BCUT2D eigenvalue weighted by Crippen LogP contribution is -2.43. The average Bonchev–Trinajstić information content (AvgIpc) is 2.52. The van der Waals surface area contributed by atoms with Crippen molar-refractivity contribution in [2.75, 3.05) is 32.7 Å². The molecule has 1 atom stereocenters. The Bertz CT molecular complexity index is 658. The number of aromatic nitrogens is 1. The molecule has 22 heavy (non-hydrogen) atoms. The second kappa shape index (κ2) is 7.20. The zero-order chi connectivity index (χ0) is 16.1. The van der Waals surface area contributed by atoms with Crippen LogP contribution in [0.5, 0.6) is 0 Å². The summed E-state index contributed by atoms with van der Waals surface area (Å²) in [6, 6.07) is 9.19. The predicted molar refractivity (Wildman–Crippen MR) is 87.8 cm³/mol. The lowest BCUT2D eigenvalue weighted by Gasteiger charge is -2.16. The minimum absolute atomic E-state index is 0.200. The number of carbonyl (C=O) groups is 1. The lowest BCUT2D eigenvalue weighted by molar-refractivity contribution is -0.123. The second-order valence-electron chi connectivity index (χ2n) is 5.33. The highest BCUT2D eigenvalue weighted by molar-refractivity contribution is 5.85. The summed E-state index contributed by atoms with van der Waals surface area (Å²) in [6.45, 7) is 0.603. The van der Waals surface area contributed by atoms with Crippen LogP contribution in [0.1, 0.15) is 5.56 Å². The number of benzene rings is 1. The molecule has 0 aliphatic heterocycles. The van der Waals surface area contributed by atoms with Crippen LogP contribution in [0.25, 0.3) is 10.9 Å². The lowest BCUT2D eigenvalue weighted by atomic mass is 10.1. The number of nitrogens with two attached hydrogens (primary N) is 1. The smallest absolute Gasteiger partial charge is 0.239 e. The Morgan fingerprint density at radius 2 is 2.14 bits per heavy atom. The third-order valence-electron chi connectivity index (χ3n) is 3.38. The van der Waals surface area contributed by atoms with Crippen LogP contribution < -0.4 is 16.0 Å². The number of anilines is 1. The molecular weight excluding hydrogens is 280 g/mol. The third kappa shape index (κ3) is 3.72. The van der Waals surface area contributed by atoms with Crippen LogP contribution in [-0.2, 0) is 16.1 Å². The highest BCUT2D eigenvalue weighted by Gasteiger charge is 2.14. The molecule has 1 unspecified atom stereocenters. The van der Waals surface area contributed by atoms with Gasteiger partial charge in [-0.25, -0.2) is 4.98 Å². The molecule has 0 aliphatic rings. The summed E-state index contributed by atoms with van der Waals surface area (Å²) in [4.78, 5) is 18.5. The summed E-state index contributed by atoms with van der Waals surface area (Å²) in [5.41, 5.74) is 7.63. The first-order valence-corrected chi connectivity index (χ1v) is 7.11. The van der Waals surface area contributed by atoms with Crippen molar-refractivity contribution in [1.29, 1.82) is 0 Å². The molecular formula is C16H22N4O2. The first-order valence-electron chi connectivity index (χ1n) is 7.11. The van der Waals surface area contributed by atoms with Gasteiger partial charge in [0.2, 0.25) is 5.91 Å². The number of pyridine rings is 1. The number of ether oxygens (including phenoxy) is 1. The van der Waals surface area contributed by atoms with E-state index in [2.05, 4.69) is 10.3 Å². The predicted octanol–water partition coefficient (Wildman–Crippen LogP) is 0.891. The zero-order valence-corrected chi connectivity index (χ0v) is 13.2. The maximum atomic E-state index is 11.9. The molecule has 3 N–H and O–H groups in total. The van der Waals surface area contributed by atoms with E-state index in [1.165, 1.54) is 7.11 Å². The van der Waals surface area contributed by atoms with E-state index in [1.807, 2.05) is 49.3 Å². The molecule has 6 heteroatoms. The van der Waals surface area contributed by atoms with Crippen molar-refractivity contribution in [2.24, 2.45) is 5.73 Å². The van der Waals surface area contributed by atoms with Crippen LogP contribution in [0.4, 0.5) is 5.82 Å². The van der Waals surface area contributed by atoms with Gasteiger partial charge in [-0.3, -0.25) is 4.79 Å². The summed E-state index contributed by atoms with van der Waals surface area (Å²) >= 11 is 0. The second-order valence-corrected chi connectivity index (χ2v) is 5.33. The van der Waals surface area contributed by atoms with Crippen LogP contribution in [0.15, 0.2) is 30.3 Å². The minimum atomic E-state index is -0.661. The fraction of sp³-hybridized carbons (Fsp3) is 0.375. The number of hydrogen-bond acceptors (Lipinski definition) is 5. The fourth-order valence-electron chi connectivity index (χ4n) is 2.18. The van der Waals surface area contributed by atoms with E-state index in [0.717, 1.165) is 22.3 Å². The molecule has 0 bridgehead atoms. The first kappa shape index (κ1) is 16.2. The van der Waals surface area contributed by atoms with Crippen molar-refractivity contribution in [3.8, 4) is 0 Å². The van der Waals surface area contributed by atoms with Gasteiger partial charge in [0.05, 0.1) is 12.1 Å². The van der Waals surface area contributed by atoms with Gasteiger partial charge in [0.25, 0.3) is 0 Å². The molecule has 1 amide bonds. The molecule has 0 fully saturated rings. The highest BCUT2D eigenvalue weighted by atomic mass is 16.5. The molecule has 1 aromatic carbocycles. The van der Waals surface area contributed by atoms with E-state index < -0.39 is 6.04 Å². The first-order chi connectivity index (χ1) is 10.5. The highest BCUT2D eigenvalue weighted by Crippen LogP contribution is 2.21. The molecule has 1 heterocycles. The zero-order valence-electron chi connectivity index (χ0n) is 13.2. The van der Waals surface area contributed by atoms with Gasteiger partial charge in [-0.1, -0.05) is 18.2 Å². The van der Waals surface area contributed by atoms with Crippen molar-refractivity contribution >= 4 is 22.6 Å². The quantitative estimate of drug-likeness (QED) is 0.828. The van der Waals surface area contributed by atoms with Crippen LogP contribution in [0.3, 0.4) is 0 Å². The Balaban J connectivity index is 2.24. The number of nitrogens with one attached hydrogen (secondary N) is 1. The SMILES string of the molecule is COCC(N)C(=O)NCc1cc(N(C)C)nc2ccccc12. The van der Waals surface area contributed by atoms with Crippen molar-refractivity contribution in [3.63, 3.8) is 0 Å². The van der Waals surface area contributed by atoms with Crippen molar-refractivity contribution < 1.29 is 9.53 Å². The minimum Gasteiger partial charge on any atom is -0.383 e. The molecule has 6 nitrogen and oxygen atoms in total. The number of para-hydroxylation sites is 1. The van der Waals surface area contributed by atoms with Gasteiger partial charge in [-0.15, -0.1) is 0 Å². The molecule has 2 aromatic rings. The van der Waals surface area contributed by atoms with Gasteiger partial charge in [-0.2, -0.15) is 0 Å². The molecule has 0 aliphatic carbocycles. The standard InChI is InChI=1S/C16H22N4O2/c1-20(2)15-8-11(9-18-16(21)13(17)10-22-3)12-6-4-5-7-14(12)19-15/h4-8,13H,9-10,17H2,1-3H3,(H,18,21). The molecule has 0 saturated carbocycles. The third-order valence-corrected chi connectivity index (χ3v) is 3.38. The van der Waals surface area contributed by atoms with E-state index >= 15 is 0 Å². The van der Waals surface area contributed by atoms with E-state index in [9.17, 15) is 4.79 Å². The van der Waals surface area contributed by atoms with Gasteiger partial charge < -0.3 is 20.7 Å². The number of methoxy groups -OCH3 is 1. The molecule has 0 saturated heterocycles. The normalized spacial score (nSPS) is 12.2. The Labute approximate surface area is 130 Å². The summed E-state index contributed by atoms with van der Waals surface area (Å²) in [5.74, 6) is 0.623. The molecule has 1 aromatic heterocycles. The average molecular weight is 302 g/mol. The van der Waals surface area contributed by atoms with Crippen LogP contribution in [0, 0.1) is 0 Å². The van der Waals surface area contributed by atoms with Crippen molar-refractivity contribution in [3.05, 3.63) is 35.9 Å². The Morgan fingerprint density at radius 3 is 2.82 bits per heavy atom. The topological polar surface area (TPSA) is 80.5 Å². The Kier molecular flexibility index (Phi) is 5.30. The van der Waals surface area contributed by atoms with Crippen molar-refractivity contribution in [1.82, 2.24) is 10.3 Å². The van der Waals surface area contributed by atoms with Crippen LogP contribution >= 0.6 is 0 Å².